The van der Waals surface area contributed by atoms with Gasteiger partial charge in [-0.05, 0) is 31.4 Å². The van der Waals surface area contributed by atoms with Gasteiger partial charge in [0.25, 0.3) is 0 Å². The molecule has 82 valence electrons. The summed E-state index contributed by atoms with van der Waals surface area (Å²) in [6.45, 7) is 9.53. The van der Waals surface area contributed by atoms with Gasteiger partial charge in [0, 0.05) is 0 Å². The third-order valence-electron chi connectivity index (χ3n) is 3.40. The number of nitrogens with one attached hydrogen (secondary N) is 1. The molecule has 1 aromatic carbocycles. The Morgan fingerprint density at radius 3 is 2.80 bits per heavy atom. The summed E-state index contributed by atoms with van der Waals surface area (Å²) in [4.78, 5) is 0. The van der Waals surface area contributed by atoms with Gasteiger partial charge >= 0.3 is 0 Å². The van der Waals surface area contributed by atoms with Crippen LogP contribution < -0.4 is 10.1 Å². The van der Waals surface area contributed by atoms with E-state index in [1.54, 1.807) is 0 Å². The number of hydrogen-bond acceptors (Lipinski definition) is 2. The van der Waals surface area contributed by atoms with Gasteiger partial charge in [-0.1, -0.05) is 26.0 Å². The highest BCUT2D eigenvalue weighted by Crippen LogP contribution is 2.38. The molecular formula is C13H19NO. The molecule has 0 saturated heterocycles. The zero-order valence-corrected chi connectivity index (χ0v) is 9.92. The first kappa shape index (κ1) is 10.3. The molecule has 2 rings (SSSR count). The molecule has 0 spiro atoms. The number of aryl methyl sites for hydroxylation is 1. The maximum absolute atomic E-state index is 6.15. The molecule has 0 bridgehead atoms. The second kappa shape index (κ2) is 3.44. The molecule has 0 radical (unpaired) electrons. The Labute approximate surface area is 91.6 Å². The topological polar surface area (TPSA) is 21.3 Å². The first-order chi connectivity index (χ1) is 7.03. The minimum Gasteiger partial charge on any atom is -0.483 e. The van der Waals surface area contributed by atoms with Gasteiger partial charge in [0.05, 0.1) is 12.2 Å². The molecular weight excluding hydrogens is 186 g/mol. The Morgan fingerprint density at radius 1 is 1.40 bits per heavy atom. The van der Waals surface area contributed by atoms with E-state index in [-0.39, 0.29) is 5.60 Å². The van der Waals surface area contributed by atoms with E-state index in [0.717, 1.165) is 18.0 Å². The molecule has 1 unspecified atom stereocenters. The van der Waals surface area contributed by atoms with Crippen LogP contribution in [-0.2, 0) is 0 Å². The molecule has 1 atom stereocenters. The Kier molecular flexibility index (Phi) is 2.37. The second-order valence-corrected chi connectivity index (χ2v) is 4.87. The predicted molar refractivity (Wildman–Crippen MR) is 63.5 cm³/mol. The van der Waals surface area contributed by atoms with Crippen molar-refractivity contribution in [1.29, 1.82) is 0 Å². The van der Waals surface area contributed by atoms with Crippen LogP contribution in [-0.4, -0.2) is 12.1 Å². The van der Waals surface area contributed by atoms with E-state index in [9.17, 15) is 0 Å². The summed E-state index contributed by atoms with van der Waals surface area (Å²) in [5.74, 6) is 1.51. The number of hydrogen-bond donors (Lipinski definition) is 1. The van der Waals surface area contributed by atoms with E-state index < -0.39 is 0 Å². The Hall–Kier alpha value is -1.18. The summed E-state index contributed by atoms with van der Waals surface area (Å²) in [7, 11) is 0. The Bertz CT molecular complexity index is 373. The summed E-state index contributed by atoms with van der Waals surface area (Å²) in [6, 6.07) is 6.22. The van der Waals surface area contributed by atoms with E-state index in [4.69, 9.17) is 4.74 Å². The molecule has 1 aromatic rings. The molecule has 1 N–H and O–H groups in total. The van der Waals surface area contributed by atoms with Gasteiger partial charge in [-0.3, -0.25) is 0 Å². The van der Waals surface area contributed by atoms with E-state index in [2.05, 4.69) is 51.2 Å². The van der Waals surface area contributed by atoms with Crippen LogP contribution >= 0.6 is 0 Å². The first-order valence-corrected chi connectivity index (χ1v) is 5.55. The normalized spacial score (nSPS) is 24.3. The molecule has 0 aliphatic carbocycles. The average molecular weight is 205 g/mol. The SMILES string of the molecule is Cc1cccc2c1OC(C)(C(C)C)CN2. The highest BCUT2D eigenvalue weighted by Gasteiger charge is 2.35. The van der Waals surface area contributed by atoms with Gasteiger partial charge in [-0.2, -0.15) is 0 Å². The lowest BCUT2D eigenvalue weighted by Crippen LogP contribution is -2.47. The van der Waals surface area contributed by atoms with Crippen molar-refractivity contribution < 1.29 is 4.74 Å². The van der Waals surface area contributed by atoms with Crippen molar-refractivity contribution in [2.24, 2.45) is 5.92 Å². The van der Waals surface area contributed by atoms with Crippen molar-refractivity contribution in [3.63, 3.8) is 0 Å². The zero-order valence-electron chi connectivity index (χ0n) is 9.92. The number of rotatable bonds is 1. The van der Waals surface area contributed by atoms with Gasteiger partial charge in [-0.15, -0.1) is 0 Å². The molecule has 2 heteroatoms. The summed E-state index contributed by atoms with van der Waals surface area (Å²) >= 11 is 0. The van der Waals surface area contributed by atoms with Crippen molar-refractivity contribution in [2.45, 2.75) is 33.3 Å². The van der Waals surface area contributed by atoms with Crippen molar-refractivity contribution in [3.8, 4) is 5.75 Å². The quantitative estimate of drug-likeness (QED) is 0.760. The molecule has 2 nitrogen and oxygen atoms in total. The third kappa shape index (κ3) is 1.69. The molecule has 1 heterocycles. The van der Waals surface area contributed by atoms with Crippen LogP contribution in [0.2, 0.25) is 0 Å². The molecule has 0 fully saturated rings. The Morgan fingerprint density at radius 2 is 2.13 bits per heavy atom. The fourth-order valence-electron chi connectivity index (χ4n) is 1.79. The second-order valence-electron chi connectivity index (χ2n) is 4.87. The number of para-hydroxylation sites is 1. The standard InChI is InChI=1S/C13H19NO/c1-9(2)13(4)8-14-11-7-5-6-10(3)12(11)15-13/h5-7,9,14H,8H2,1-4H3. The number of anilines is 1. The molecule has 15 heavy (non-hydrogen) atoms. The Balaban J connectivity index is 2.37. The van der Waals surface area contributed by atoms with E-state index >= 15 is 0 Å². The van der Waals surface area contributed by atoms with E-state index in [0.29, 0.717) is 5.92 Å². The maximum Gasteiger partial charge on any atom is 0.146 e. The maximum atomic E-state index is 6.15. The molecule has 0 aromatic heterocycles. The highest BCUT2D eigenvalue weighted by atomic mass is 16.5. The van der Waals surface area contributed by atoms with E-state index in [1.165, 1.54) is 5.56 Å². The summed E-state index contributed by atoms with van der Waals surface area (Å²) < 4.78 is 6.15. The third-order valence-corrected chi connectivity index (χ3v) is 3.40. The lowest BCUT2D eigenvalue weighted by atomic mass is 9.90. The minimum atomic E-state index is -0.0981. The average Bonchev–Trinajstić information content (AvgIpc) is 2.19. The number of benzene rings is 1. The van der Waals surface area contributed by atoms with Crippen LogP contribution in [0.3, 0.4) is 0 Å². The van der Waals surface area contributed by atoms with Gasteiger partial charge in [0.15, 0.2) is 0 Å². The van der Waals surface area contributed by atoms with Crippen molar-refractivity contribution in [3.05, 3.63) is 23.8 Å². The predicted octanol–water partition coefficient (Wildman–Crippen LogP) is 3.21. The van der Waals surface area contributed by atoms with Crippen molar-refractivity contribution >= 4 is 5.69 Å². The van der Waals surface area contributed by atoms with Crippen LogP contribution in [0.25, 0.3) is 0 Å². The lowest BCUT2D eigenvalue weighted by molar-refractivity contribution is 0.0468. The van der Waals surface area contributed by atoms with Crippen LogP contribution in [0.4, 0.5) is 5.69 Å². The van der Waals surface area contributed by atoms with Gasteiger partial charge in [-0.25, -0.2) is 0 Å². The molecule has 1 aliphatic heterocycles. The van der Waals surface area contributed by atoms with Crippen molar-refractivity contribution in [2.75, 3.05) is 11.9 Å². The van der Waals surface area contributed by atoms with Gasteiger partial charge in [0.2, 0.25) is 0 Å². The van der Waals surface area contributed by atoms with Crippen LogP contribution in [0.15, 0.2) is 18.2 Å². The first-order valence-electron chi connectivity index (χ1n) is 5.55. The summed E-state index contributed by atoms with van der Waals surface area (Å²) in [5.41, 5.74) is 2.22. The van der Waals surface area contributed by atoms with Crippen LogP contribution in [0.5, 0.6) is 5.75 Å². The summed E-state index contributed by atoms with van der Waals surface area (Å²) in [6.07, 6.45) is 0. The van der Waals surface area contributed by atoms with Gasteiger partial charge < -0.3 is 10.1 Å². The molecule has 1 aliphatic rings. The zero-order chi connectivity index (χ0) is 11.1. The van der Waals surface area contributed by atoms with Crippen molar-refractivity contribution in [1.82, 2.24) is 0 Å². The fraction of sp³-hybridized carbons (Fsp3) is 0.538. The van der Waals surface area contributed by atoms with Crippen LogP contribution in [0, 0.1) is 12.8 Å². The minimum absolute atomic E-state index is 0.0981. The lowest BCUT2D eigenvalue weighted by Gasteiger charge is -2.40. The van der Waals surface area contributed by atoms with Crippen LogP contribution in [0.1, 0.15) is 26.3 Å². The van der Waals surface area contributed by atoms with Gasteiger partial charge in [0.1, 0.15) is 11.4 Å². The number of fused-ring (bicyclic) bond motifs is 1. The fourth-order valence-corrected chi connectivity index (χ4v) is 1.79. The number of ether oxygens (including phenoxy) is 1. The largest absolute Gasteiger partial charge is 0.483 e. The highest BCUT2D eigenvalue weighted by molar-refractivity contribution is 5.61. The molecule has 0 amide bonds. The summed E-state index contributed by atoms with van der Waals surface area (Å²) in [5, 5.41) is 3.45. The molecule has 0 saturated carbocycles. The van der Waals surface area contributed by atoms with E-state index in [1.807, 2.05) is 0 Å². The monoisotopic (exact) mass is 205 g/mol. The smallest absolute Gasteiger partial charge is 0.146 e.